The van der Waals surface area contributed by atoms with Gasteiger partial charge in [0, 0.05) is 37.3 Å². The predicted octanol–water partition coefficient (Wildman–Crippen LogP) is 1.89. The fourth-order valence-corrected chi connectivity index (χ4v) is 2.16. The first-order valence-electron chi connectivity index (χ1n) is 5.35. The van der Waals surface area contributed by atoms with Gasteiger partial charge >= 0.3 is 0 Å². The molecule has 1 N–H and O–H groups in total. The maximum Gasteiger partial charge on any atom is 0.180 e. The molecule has 0 bridgehead atoms. The highest BCUT2D eigenvalue weighted by Crippen LogP contribution is 2.28. The molecular formula is C11H12ClN3O. The Hall–Kier alpha value is -1.26. The number of fused-ring (bicyclic) bond motifs is 1. The zero-order chi connectivity index (χ0) is 11.0. The molecule has 0 amide bonds. The molecule has 1 aromatic heterocycles. The van der Waals surface area contributed by atoms with Gasteiger partial charge in [-0.05, 0) is 12.1 Å². The molecule has 0 spiro atoms. The Bertz CT molecular complexity index is 505. The maximum atomic E-state index is 5.90. The number of nitrogens with one attached hydrogen (secondary N) is 1. The van der Waals surface area contributed by atoms with E-state index in [1.807, 2.05) is 12.1 Å². The number of rotatable bonds is 1. The van der Waals surface area contributed by atoms with Crippen molar-refractivity contribution < 1.29 is 4.52 Å². The summed E-state index contributed by atoms with van der Waals surface area (Å²) in [5.41, 5.74) is 0.751. The van der Waals surface area contributed by atoms with E-state index < -0.39 is 0 Å². The third kappa shape index (κ3) is 1.64. The van der Waals surface area contributed by atoms with Crippen LogP contribution in [0.15, 0.2) is 22.7 Å². The minimum atomic E-state index is 0.676. The first-order chi connectivity index (χ1) is 7.84. The molecule has 4 nitrogen and oxygen atoms in total. The SMILES string of the molecule is Clc1ccc2c(N3CCNCC3)noc2c1. The lowest BCUT2D eigenvalue weighted by Gasteiger charge is -2.26. The molecule has 16 heavy (non-hydrogen) atoms. The normalized spacial score (nSPS) is 16.9. The molecule has 2 heterocycles. The van der Waals surface area contributed by atoms with Crippen molar-refractivity contribution in [2.24, 2.45) is 0 Å². The van der Waals surface area contributed by atoms with Gasteiger partial charge < -0.3 is 14.7 Å². The Labute approximate surface area is 98.1 Å². The van der Waals surface area contributed by atoms with Gasteiger partial charge in [-0.25, -0.2) is 0 Å². The van der Waals surface area contributed by atoms with E-state index in [0.717, 1.165) is 43.0 Å². The number of piperazine rings is 1. The second kappa shape index (κ2) is 3.96. The van der Waals surface area contributed by atoms with Crippen molar-refractivity contribution in [3.05, 3.63) is 23.2 Å². The molecule has 5 heteroatoms. The summed E-state index contributed by atoms with van der Waals surface area (Å²) in [4.78, 5) is 2.23. The third-order valence-electron chi connectivity index (χ3n) is 2.83. The molecule has 0 aliphatic carbocycles. The van der Waals surface area contributed by atoms with Crippen LogP contribution in [0.3, 0.4) is 0 Å². The minimum Gasteiger partial charge on any atom is -0.354 e. The minimum absolute atomic E-state index is 0.676. The van der Waals surface area contributed by atoms with E-state index in [1.165, 1.54) is 0 Å². The maximum absolute atomic E-state index is 5.90. The van der Waals surface area contributed by atoms with Crippen LogP contribution in [0.1, 0.15) is 0 Å². The zero-order valence-electron chi connectivity index (χ0n) is 8.74. The number of hydrogen-bond acceptors (Lipinski definition) is 4. The van der Waals surface area contributed by atoms with Crippen LogP contribution in [0.2, 0.25) is 5.02 Å². The first kappa shape index (κ1) is 9.93. The molecule has 1 fully saturated rings. The summed E-state index contributed by atoms with van der Waals surface area (Å²) >= 11 is 5.90. The summed E-state index contributed by atoms with van der Waals surface area (Å²) < 4.78 is 5.29. The Kier molecular flexibility index (Phi) is 2.46. The van der Waals surface area contributed by atoms with Crippen LogP contribution in [0.25, 0.3) is 11.0 Å². The van der Waals surface area contributed by atoms with Crippen LogP contribution in [0.5, 0.6) is 0 Å². The largest absolute Gasteiger partial charge is 0.354 e. The molecule has 0 radical (unpaired) electrons. The summed E-state index contributed by atoms with van der Waals surface area (Å²) in [6.45, 7) is 3.90. The topological polar surface area (TPSA) is 41.3 Å². The predicted molar refractivity (Wildman–Crippen MR) is 64.1 cm³/mol. The van der Waals surface area contributed by atoms with E-state index in [9.17, 15) is 0 Å². The summed E-state index contributed by atoms with van der Waals surface area (Å²) in [5.74, 6) is 0.924. The van der Waals surface area contributed by atoms with Gasteiger partial charge in [0.1, 0.15) is 0 Å². The molecule has 1 aromatic carbocycles. The van der Waals surface area contributed by atoms with Crippen LogP contribution in [-0.4, -0.2) is 31.3 Å². The van der Waals surface area contributed by atoms with Crippen molar-refractivity contribution in [3.63, 3.8) is 0 Å². The van der Waals surface area contributed by atoms with Crippen molar-refractivity contribution in [3.8, 4) is 0 Å². The quantitative estimate of drug-likeness (QED) is 0.823. The van der Waals surface area contributed by atoms with Crippen LogP contribution < -0.4 is 10.2 Å². The molecule has 84 valence electrons. The van der Waals surface area contributed by atoms with Gasteiger partial charge in [-0.3, -0.25) is 0 Å². The van der Waals surface area contributed by atoms with Gasteiger partial charge in [0.05, 0.1) is 5.39 Å². The second-order valence-electron chi connectivity index (χ2n) is 3.88. The van der Waals surface area contributed by atoms with Crippen LogP contribution in [0.4, 0.5) is 5.82 Å². The molecule has 0 saturated carbocycles. The molecule has 0 unspecified atom stereocenters. The molecule has 2 aromatic rings. The van der Waals surface area contributed by atoms with E-state index in [-0.39, 0.29) is 0 Å². The van der Waals surface area contributed by atoms with E-state index >= 15 is 0 Å². The Morgan fingerprint density at radius 2 is 2.12 bits per heavy atom. The summed E-state index contributed by atoms with van der Waals surface area (Å²) in [6.07, 6.45) is 0. The lowest BCUT2D eigenvalue weighted by Crippen LogP contribution is -2.43. The van der Waals surface area contributed by atoms with Crippen molar-refractivity contribution in [2.75, 3.05) is 31.1 Å². The summed E-state index contributed by atoms with van der Waals surface area (Å²) in [6, 6.07) is 5.63. The average molecular weight is 238 g/mol. The highest BCUT2D eigenvalue weighted by atomic mass is 35.5. The first-order valence-corrected chi connectivity index (χ1v) is 5.73. The van der Waals surface area contributed by atoms with Gasteiger partial charge in [-0.2, -0.15) is 0 Å². The highest BCUT2D eigenvalue weighted by Gasteiger charge is 2.17. The molecule has 3 rings (SSSR count). The number of anilines is 1. The number of hydrogen-bond donors (Lipinski definition) is 1. The molecule has 1 aliphatic heterocycles. The molecule has 0 atom stereocenters. The number of halogens is 1. The summed E-state index contributed by atoms with van der Waals surface area (Å²) in [7, 11) is 0. The lowest BCUT2D eigenvalue weighted by molar-refractivity contribution is 0.451. The number of benzene rings is 1. The number of nitrogens with zero attached hydrogens (tertiary/aromatic N) is 2. The average Bonchev–Trinajstić information content (AvgIpc) is 2.73. The molecule has 1 saturated heterocycles. The van der Waals surface area contributed by atoms with E-state index in [2.05, 4.69) is 15.4 Å². The zero-order valence-corrected chi connectivity index (χ0v) is 9.50. The standard InChI is InChI=1S/C11H12ClN3O/c12-8-1-2-9-10(7-8)16-14-11(9)15-5-3-13-4-6-15/h1-2,7,13H,3-6H2. The van der Waals surface area contributed by atoms with Gasteiger partial charge in [0.25, 0.3) is 0 Å². The highest BCUT2D eigenvalue weighted by molar-refractivity contribution is 6.31. The van der Waals surface area contributed by atoms with Crippen molar-refractivity contribution >= 4 is 28.4 Å². The van der Waals surface area contributed by atoms with Crippen molar-refractivity contribution in [1.29, 1.82) is 0 Å². The molecule has 1 aliphatic rings. The van der Waals surface area contributed by atoms with Crippen LogP contribution in [0, 0.1) is 0 Å². The Morgan fingerprint density at radius 1 is 1.31 bits per heavy atom. The van der Waals surface area contributed by atoms with E-state index in [1.54, 1.807) is 6.07 Å². The fourth-order valence-electron chi connectivity index (χ4n) is 2.00. The smallest absolute Gasteiger partial charge is 0.180 e. The van der Waals surface area contributed by atoms with Crippen LogP contribution >= 0.6 is 11.6 Å². The Morgan fingerprint density at radius 3 is 2.94 bits per heavy atom. The number of aromatic nitrogens is 1. The van der Waals surface area contributed by atoms with Gasteiger partial charge in [0.15, 0.2) is 11.4 Å². The summed E-state index contributed by atoms with van der Waals surface area (Å²) in [5, 5.41) is 9.15. The fraction of sp³-hybridized carbons (Fsp3) is 0.364. The van der Waals surface area contributed by atoms with E-state index in [0.29, 0.717) is 5.02 Å². The van der Waals surface area contributed by atoms with Crippen LogP contribution in [-0.2, 0) is 0 Å². The third-order valence-corrected chi connectivity index (χ3v) is 3.07. The molecular weight excluding hydrogens is 226 g/mol. The van der Waals surface area contributed by atoms with E-state index in [4.69, 9.17) is 16.1 Å². The Balaban J connectivity index is 2.03. The van der Waals surface area contributed by atoms with Crippen molar-refractivity contribution in [2.45, 2.75) is 0 Å². The lowest BCUT2D eigenvalue weighted by atomic mass is 10.2. The van der Waals surface area contributed by atoms with Gasteiger partial charge in [0.2, 0.25) is 0 Å². The monoisotopic (exact) mass is 237 g/mol. The van der Waals surface area contributed by atoms with Gasteiger partial charge in [-0.1, -0.05) is 16.8 Å². The van der Waals surface area contributed by atoms with Crippen molar-refractivity contribution in [1.82, 2.24) is 10.5 Å². The van der Waals surface area contributed by atoms with Gasteiger partial charge in [-0.15, -0.1) is 0 Å². The second-order valence-corrected chi connectivity index (χ2v) is 4.32.